The van der Waals surface area contributed by atoms with E-state index in [0.29, 0.717) is 12.0 Å². The van der Waals surface area contributed by atoms with Crippen LogP contribution in [0.2, 0.25) is 0 Å². The van der Waals surface area contributed by atoms with Gasteiger partial charge >= 0.3 is 0 Å². The first kappa shape index (κ1) is 26.7. The Hall–Kier alpha value is -3.55. The van der Waals surface area contributed by atoms with Gasteiger partial charge in [0.25, 0.3) is 11.8 Å². The highest BCUT2D eigenvalue weighted by Crippen LogP contribution is 2.10. The monoisotopic (exact) mass is 466 g/mol. The summed E-state index contributed by atoms with van der Waals surface area (Å²) < 4.78 is 0. The first-order valence-corrected chi connectivity index (χ1v) is 11.4. The van der Waals surface area contributed by atoms with Gasteiger partial charge in [-0.15, -0.1) is 0 Å². The summed E-state index contributed by atoms with van der Waals surface area (Å²) in [6.07, 6.45) is 3.50. The van der Waals surface area contributed by atoms with Crippen LogP contribution in [0, 0.1) is 5.92 Å². The lowest BCUT2D eigenvalue weighted by Gasteiger charge is -2.25. The second kappa shape index (κ2) is 12.1. The van der Waals surface area contributed by atoms with E-state index in [9.17, 15) is 19.2 Å². The zero-order chi connectivity index (χ0) is 25.3. The number of nitrogens with one attached hydrogen (secondary N) is 3. The Kier molecular flexibility index (Phi) is 9.47. The Bertz CT molecular complexity index is 985. The van der Waals surface area contributed by atoms with E-state index in [1.165, 1.54) is 12.4 Å². The molecule has 3 N–H and O–H groups in total. The van der Waals surface area contributed by atoms with Crippen LogP contribution in [-0.4, -0.2) is 46.1 Å². The van der Waals surface area contributed by atoms with Crippen molar-refractivity contribution >= 4 is 23.5 Å². The lowest BCUT2D eigenvalue weighted by molar-refractivity contribution is -0.141. The molecule has 3 amide bonds. The minimum absolute atomic E-state index is 0.0981. The molecule has 1 aromatic carbocycles. The number of ketones is 1. The molecule has 2 atom stereocenters. The summed E-state index contributed by atoms with van der Waals surface area (Å²) in [5, 5.41) is 8.13. The Morgan fingerprint density at radius 3 is 2.06 bits per heavy atom. The molecule has 8 heteroatoms. The van der Waals surface area contributed by atoms with Gasteiger partial charge in [-0.3, -0.25) is 24.2 Å². The van der Waals surface area contributed by atoms with Crippen LogP contribution in [-0.2, 0) is 20.8 Å². The van der Waals surface area contributed by atoms with Gasteiger partial charge in [0.1, 0.15) is 12.1 Å². The van der Waals surface area contributed by atoms with E-state index in [2.05, 4.69) is 20.9 Å². The summed E-state index contributed by atoms with van der Waals surface area (Å²) in [5.41, 5.74) is 0.566. The first-order valence-electron chi connectivity index (χ1n) is 11.4. The summed E-state index contributed by atoms with van der Waals surface area (Å²) in [6, 6.07) is 10.3. The minimum Gasteiger partial charge on any atom is -0.345 e. The highest BCUT2D eigenvalue weighted by atomic mass is 16.2. The third-order valence-corrected chi connectivity index (χ3v) is 4.90. The van der Waals surface area contributed by atoms with Crippen molar-refractivity contribution in [2.24, 2.45) is 5.92 Å². The van der Waals surface area contributed by atoms with Crippen molar-refractivity contribution in [2.45, 2.75) is 65.1 Å². The van der Waals surface area contributed by atoms with Crippen molar-refractivity contribution in [1.29, 1.82) is 0 Å². The molecule has 1 heterocycles. The molecule has 0 saturated heterocycles. The number of aromatic nitrogens is 1. The number of nitrogens with zero attached hydrogens (tertiary/aromatic N) is 1. The van der Waals surface area contributed by atoms with E-state index < -0.39 is 41.1 Å². The minimum atomic E-state index is -1.08. The van der Waals surface area contributed by atoms with E-state index in [0.717, 1.165) is 5.56 Å². The van der Waals surface area contributed by atoms with Gasteiger partial charge in [0.15, 0.2) is 0 Å². The van der Waals surface area contributed by atoms with Gasteiger partial charge < -0.3 is 16.0 Å². The molecular formula is C26H34N4O4. The Morgan fingerprint density at radius 2 is 1.50 bits per heavy atom. The van der Waals surface area contributed by atoms with Crippen LogP contribution in [0.1, 0.15) is 57.0 Å². The topological polar surface area (TPSA) is 117 Å². The van der Waals surface area contributed by atoms with Crippen LogP contribution in [0.15, 0.2) is 54.9 Å². The molecule has 0 aliphatic heterocycles. The zero-order valence-electron chi connectivity index (χ0n) is 20.4. The number of pyridine rings is 1. The van der Waals surface area contributed by atoms with Gasteiger partial charge in [0.2, 0.25) is 11.7 Å². The van der Waals surface area contributed by atoms with Gasteiger partial charge in [0.05, 0.1) is 0 Å². The normalized spacial score (nSPS) is 13.0. The molecule has 2 aromatic rings. The molecule has 0 aliphatic rings. The highest BCUT2D eigenvalue weighted by Gasteiger charge is 2.32. The fraction of sp³-hybridized carbons (Fsp3) is 0.423. The number of carbonyl (C=O) groups is 4. The Labute approximate surface area is 200 Å². The van der Waals surface area contributed by atoms with Crippen LogP contribution in [0.4, 0.5) is 0 Å². The van der Waals surface area contributed by atoms with E-state index in [1.54, 1.807) is 32.9 Å². The molecule has 8 nitrogen and oxygen atoms in total. The Balaban J connectivity index is 2.24. The number of amides is 3. The van der Waals surface area contributed by atoms with Crippen LogP contribution >= 0.6 is 0 Å². The maximum absolute atomic E-state index is 13.2. The zero-order valence-corrected chi connectivity index (χ0v) is 20.4. The molecule has 1 unspecified atom stereocenters. The van der Waals surface area contributed by atoms with Crippen LogP contribution < -0.4 is 16.0 Å². The number of benzene rings is 1. The van der Waals surface area contributed by atoms with Gasteiger partial charge in [0, 0.05) is 29.9 Å². The fourth-order valence-electron chi connectivity index (χ4n) is 3.34. The van der Waals surface area contributed by atoms with E-state index >= 15 is 0 Å². The first-order chi connectivity index (χ1) is 16.0. The summed E-state index contributed by atoms with van der Waals surface area (Å²) in [6.45, 7) is 9.19. The second-order valence-electron chi connectivity index (χ2n) is 9.71. The van der Waals surface area contributed by atoms with Gasteiger partial charge in [-0.1, -0.05) is 44.2 Å². The molecule has 0 spiro atoms. The number of rotatable bonds is 10. The van der Waals surface area contributed by atoms with E-state index in [4.69, 9.17) is 0 Å². The fourth-order valence-corrected chi connectivity index (χ4v) is 3.34. The lowest BCUT2D eigenvalue weighted by atomic mass is 9.98. The van der Waals surface area contributed by atoms with E-state index in [1.807, 2.05) is 44.2 Å². The quantitative estimate of drug-likeness (QED) is 0.465. The number of carbonyl (C=O) groups excluding carboxylic acids is 4. The molecule has 1 aromatic heterocycles. The summed E-state index contributed by atoms with van der Waals surface area (Å²) in [5.74, 6) is -2.35. The molecule has 2 rings (SSSR count). The summed E-state index contributed by atoms with van der Waals surface area (Å²) >= 11 is 0. The third kappa shape index (κ3) is 8.77. The highest BCUT2D eigenvalue weighted by molar-refractivity contribution is 6.38. The summed E-state index contributed by atoms with van der Waals surface area (Å²) in [4.78, 5) is 55.4. The average Bonchev–Trinajstić information content (AvgIpc) is 2.77. The lowest BCUT2D eigenvalue weighted by Crippen LogP contribution is -2.56. The van der Waals surface area contributed by atoms with Crippen molar-refractivity contribution in [3.63, 3.8) is 0 Å². The van der Waals surface area contributed by atoms with Crippen LogP contribution in [0.5, 0.6) is 0 Å². The number of hydrogen-bond donors (Lipinski definition) is 3. The number of Topliss-reactive ketones (excluding diaryl/α,β-unsaturated/α-hetero) is 1. The summed E-state index contributed by atoms with van der Waals surface area (Å²) in [7, 11) is 0. The van der Waals surface area contributed by atoms with Crippen LogP contribution in [0.3, 0.4) is 0 Å². The molecule has 0 saturated carbocycles. The smallest absolute Gasteiger partial charge is 0.290 e. The van der Waals surface area contributed by atoms with E-state index in [-0.39, 0.29) is 12.3 Å². The van der Waals surface area contributed by atoms with Crippen molar-refractivity contribution in [3.8, 4) is 0 Å². The number of hydrogen-bond acceptors (Lipinski definition) is 5. The molecule has 0 bridgehead atoms. The maximum atomic E-state index is 13.2. The predicted molar refractivity (Wildman–Crippen MR) is 130 cm³/mol. The third-order valence-electron chi connectivity index (χ3n) is 4.90. The predicted octanol–water partition coefficient (Wildman–Crippen LogP) is 2.44. The second-order valence-corrected chi connectivity index (χ2v) is 9.71. The Morgan fingerprint density at radius 1 is 0.882 bits per heavy atom. The van der Waals surface area contributed by atoms with Crippen LogP contribution in [0.25, 0.3) is 0 Å². The SMILES string of the molecule is CC(C)C[C@H](NC(=O)c1ccncc1)C(=O)NC(Cc1ccccc1)C(=O)C(=O)NC(C)(C)C. The molecule has 0 radical (unpaired) electrons. The van der Waals surface area contributed by atoms with Gasteiger partial charge in [-0.05, 0) is 50.8 Å². The molecular weight excluding hydrogens is 432 g/mol. The van der Waals surface area contributed by atoms with Gasteiger partial charge in [-0.2, -0.15) is 0 Å². The average molecular weight is 467 g/mol. The molecule has 182 valence electrons. The van der Waals surface area contributed by atoms with Gasteiger partial charge in [-0.25, -0.2) is 0 Å². The van der Waals surface area contributed by atoms with Crippen molar-refractivity contribution in [1.82, 2.24) is 20.9 Å². The van der Waals surface area contributed by atoms with Crippen molar-refractivity contribution in [3.05, 3.63) is 66.0 Å². The maximum Gasteiger partial charge on any atom is 0.290 e. The van der Waals surface area contributed by atoms with Crippen molar-refractivity contribution < 1.29 is 19.2 Å². The molecule has 0 fully saturated rings. The largest absolute Gasteiger partial charge is 0.345 e. The van der Waals surface area contributed by atoms with Crippen molar-refractivity contribution in [2.75, 3.05) is 0 Å². The molecule has 34 heavy (non-hydrogen) atoms. The molecule has 0 aliphatic carbocycles. The standard InChI is InChI=1S/C26H34N4O4/c1-17(2)15-21(29-23(32)19-11-13-27-14-12-19)24(33)28-20(16-18-9-7-6-8-10-18)22(31)25(34)30-26(3,4)5/h6-14,17,20-21H,15-16H2,1-5H3,(H,28,33)(H,29,32)(H,30,34)/t20?,21-/m0/s1.